The molecule has 2 nitrogen and oxygen atoms in total. The quantitative estimate of drug-likeness (QED) is 0.858. The average molecular weight is 292 g/mol. The second kappa shape index (κ2) is 6.96. The lowest BCUT2D eigenvalue weighted by molar-refractivity contribution is 0.414. The minimum atomic E-state index is 0. The molecule has 1 heterocycles. The van der Waals surface area contributed by atoms with Gasteiger partial charge in [-0.25, -0.2) is 0 Å². The molecule has 0 bridgehead atoms. The van der Waals surface area contributed by atoms with Crippen molar-refractivity contribution in [1.29, 1.82) is 0 Å². The van der Waals surface area contributed by atoms with E-state index in [1.54, 1.807) is 18.3 Å². The van der Waals surface area contributed by atoms with Crippen LogP contribution < -0.4 is 10.1 Å². The summed E-state index contributed by atoms with van der Waals surface area (Å²) in [4.78, 5) is 0. The van der Waals surface area contributed by atoms with Crippen LogP contribution in [0.25, 0.3) is 0 Å². The molecule has 0 saturated carbocycles. The predicted octanol–water partition coefficient (Wildman–Crippen LogP) is 3.67. The lowest BCUT2D eigenvalue weighted by atomic mass is 9.84. The number of ether oxygens (including phenoxy) is 1. The Morgan fingerprint density at radius 3 is 2.65 bits per heavy atom. The van der Waals surface area contributed by atoms with Crippen molar-refractivity contribution in [3.05, 3.63) is 53.1 Å². The Morgan fingerprint density at radius 2 is 1.90 bits per heavy atom. The number of hydrogen-bond acceptors (Lipinski definition) is 2. The van der Waals surface area contributed by atoms with Crippen molar-refractivity contribution in [2.45, 2.75) is 31.7 Å². The second-order valence-corrected chi connectivity index (χ2v) is 5.32. The highest BCUT2D eigenvalue weighted by Crippen LogP contribution is 2.29. The summed E-state index contributed by atoms with van der Waals surface area (Å²) in [5, 5.41) is 3.67. The van der Waals surface area contributed by atoms with Gasteiger partial charge >= 0.3 is 0 Å². The lowest BCUT2D eigenvalue weighted by Gasteiger charge is -2.31. The topological polar surface area (TPSA) is 21.3 Å². The molecule has 1 unspecified atom stereocenters. The molecule has 0 spiro atoms. The van der Waals surface area contributed by atoms with Crippen molar-refractivity contribution in [3.8, 4) is 5.75 Å². The maximum atomic E-state index is 5.21. The van der Waals surface area contributed by atoms with Crippen molar-refractivity contribution >= 4 is 12.4 Å². The molecule has 2 aliphatic rings. The molecule has 1 aliphatic carbocycles. The van der Waals surface area contributed by atoms with Crippen molar-refractivity contribution in [2.24, 2.45) is 0 Å². The van der Waals surface area contributed by atoms with Crippen LogP contribution in [-0.4, -0.2) is 19.7 Å². The highest BCUT2D eigenvalue weighted by molar-refractivity contribution is 5.85. The van der Waals surface area contributed by atoms with E-state index in [0.29, 0.717) is 6.04 Å². The first-order valence-electron chi connectivity index (χ1n) is 7.09. The molecule has 3 heteroatoms. The van der Waals surface area contributed by atoms with E-state index >= 15 is 0 Å². The third-order valence-electron chi connectivity index (χ3n) is 4.16. The molecule has 0 saturated heterocycles. The second-order valence-electron chi connectivity index (χ2n) is 5.32. The highest BCUT2D eigenvalue weighted by Gasteiger charge is 2.22. The number of nitrogens with one attached hydrogen (secondary N) is 1. The number of benzene rings is 1. The summed E-state index contributed by atoms with van der Waals surface area (Å²) in [6, 6.07) is 8.96. The Labute approximate surface area is 127 Å². The molecular weight excluding hydrogens is 270 g/mol. The van der Waals surface area contributed by atoms with Gasteiger partial charge in [-0.15, -0.1) is 12.4 Å². The fourth-order valence-electron chi connectivity index (χ4n) is 3.08. The Bertz CT molecular complexity index is 504. The zero-order valence-electron chi connectivity index (χ0n) is 11.9. The predicted molar refractivity (Wildman–Crippen MR) is 85.8 cm³/mol. The maximum Gasteiger partial charge on any atom is 0.118 e. The van der Waals surface area contributed by atoms with E-state index in [4.69, 9.17) is 4.74 Å². The summed E-state index contributed by atoms with van der Waals surface area (Å²) in [5.41, 5.74) is 4.67. The normalized spacial score (nSPS) is 21.1. The molecule has 1 aromatic carbocycles. The van der Waals surface area contributed by atoms with E-state index in [9.17, 15) is 0 Å². The molecule has 108 valence electrons. The smallest absolute Gasteiger partial charge is 0.118 e. The third-order valence-corrected chi connectivity index (χ3v) is 4.16. The van der Waals surface area contributed by atoms with E-state index in [0.717, 1.165) is 31.6 Å². The number of rotatable bonds is 3. The average Bonchev–Trinajstić information content (AvgIpc) is 2.48. The van der Waals surface area contributed by atoms with Gasteiger partial charge in [-0.2, -0.15) is 0 Å². The minimum Gasteiger partial charge on any atom is -0.497 e. The number of hydrogen-bond donors (Lipinski definition) is 1. The first kappa shape index (κ1) is 15.1. The van der Waals surface area contributed by atoms with Gasteiger partial charge in [0.1, 0.15) is 5.75 Å². The van der Waals surface area contributed by atoms with Gasteiger partial charge < -0.3 is 10.1 Å². The SMILES string of the molecule is COc1ccc(CC2NCCC3=C2CC=CC3)cc1.Cl. The van der Waals surface area contributed by atoms with Crippen LogP contribution in [0, 0.1) is 0 Å². The highest BCUT2D eigenvalue weighted by atomic mass is 35.5. The summed E-state index contributed by atoms with van der Waals surface area (Å²) in [6.07, 6.45) is 9.22. The fourth-order valence-corrected chi connectivity index (χ4v) is 3.08. The van der Waals surface area contributed by atoms with E-state index in [-0.39, 0.29) is 12.4 Å². The third kappa shape index (κ3) is 3.25. The van der Waals surface area contributed by atoms with Crippen molar-refractivity contribution < 1.29 is 4.74 Å². The van der Waals surface area contributed by atoms with Gasteiger partial charge in [-0.1, -0.05) is 29.9 Å². The van der Waals surface area contributed by atoms with Crippen LogP contribution in [0.3, 0.4) is 0 Å². The van der Waals surface area contributed by atoms with Gasteiger partial charge in [0.2, 0.25) is 0 Å². The van der Waals surface area contributed by atoms with Gasteiger partial charge in [-0.3, -0.25) is 0 Å². The first-order valence-corrected chi connectivity index (χ1v) is 7.09. The Kier molecular flexibility index (Phi) is 5.27. The molecule has 1 N–H and O–H groups in total. The molecule has 1 aliphatic heterocycles. The van der Waals surface area contributed by atoms with Crippen LogP contribution in [0.4, 0.5) is 0 Å². The Hall–Kier alpha value is -1.25. The van der Waals surface area contributed by atoms with Gasteiger partial charge in [0, 0.05) is 6.04 Å². The summed E-state index contributed by atoms with van der Waals surface area (Å²) in [6.45, 7) is 1.12. The molecule has 1 atom stereocenters. The Morgan fingerprint density at radius 1 is 1.15 bits per heavy atom. The molecule has 3 rings (SSSR count). The van der Waals surface area contributed by atoms with Crippen LogP contribution in [0.1, 0.15) is 24.8 Å². The van der Waals surface area contributed by atoms with Crippen LogP contribution in [0.5, 0.6) is 5.75 Å². The number of halogens is 1. The molecule has 0 aromatic heterocycles. The fraction of sp³-hybridized carbons (Fsp3) is 0.412. The first-order chi connectivity index (χ1) is 9.36. The van der Waals surface area contributed by atoms with E-state index in [2.05, 4.69) is 29.6 Å². The number of allylic oxidation sites excluding steroid dienone is 2. The number of methoxy groups -OCH3 is 1. The molecule has 1 aromatic rings. The summed E-state index contributed by atoms with van der Waals surface area (Å²) in [5.74, 6) is 0.931. The van der Waals surface area contributed by atoms with Gasteiger partial charge in [0.15, 0.2) is 0 Å². The zero-order valence-corrected chi connectivity index (χ0v) is 12.7. The van der Waals surface area contributed by atoms with Crippen LogP contribution in [0.2, 0.25) is 0 Å². The lowest BCUT2D eigenvalue weighted by Crippen LogP contribution is -2.38. The van der Waals surface area contributed by atoms with E-state index in [1.807, 2.05) is 12.1 Å². The van der Waals surface area contributed by atoms with Gasteiger partial charge in [-0.05, 0) is 55.5 Å². The van der Waals surface area contributed by atoms with Crippen molar-refractivity contribution in [2.75, 3.05) is 13.7 Å². The van der Waals surface area contributed by atoms with Crippen LogP contribution in [0.15, 0.2) is 47.6 Å². The van der Waals surface area contributed by atoms with Crippen LogP contribution in [-0.2, 0) is 6.42 Å². The molecule has 0 fully saturated rings. The van der Waals surface area contributed by atoms with E-state index < -0.39 is 0 Å². The van der Waals surface area contributed by atoms with E-state index in [1.165, 1.54) is 12.0 Å². The monoisotopic (exact) mass is 291 g/mol. The van der Waals surface area contributed by atoms with Crippen LogP contribution >= 0.6 is 12.4 Å². The summed E-state index contributed by atoms with van der Waals surface area (Å²) < 4.78 is 5.21. The molecule has 20 heavy (non-hydrogen) atoms. The largest absolute Gasteiger partial charge is 0.497 e. The van der Waals surface area contributed by atoms with Crippen molar-refractivity contribution in [3.63, 3.8) is 0 Å². The standard InChI is InChI=1S/C17H21NO.ClH/c1-19-15-8-6-13(7-9-15)12-17-16-5-3-2-4-14(16)10-11-18-17;/h2-3,6-9,17-18H,4-5,10-12H2,1H3;1H. The maximum absolute atomic E-state index is 5.21. The summed E-state index contributed by atoms with van der Waals surface area (Å²) >= 11 is 0. The zero-order chi connectivity index (χ0) is 13.1. The Balaban J connectivity index is 0.00000147. The van der Waals surface area contributed by atoms with Gasteiger partial charge in [0.25, 0.3) is 0 Å². The van der Waals surface area contributed by atoms with Gasteiger partial charge in [0.05, 0.1) is 7.11 Å². The molecule has 0 radical (unpaired) electrons. The summed E-state index contributed by atoms with van der Waals surface area (Å²) in [7, 11) is 1.71. The van der Waals surface area contributed by atoms with Crippen molar-refractivity contribution in [1.82, 2.24) is 5.32 Å². The minimum absolute atomic E-state index is 0. The molecule has 0 amide bonds. The molecular formula is C17H22ClNO.